The Morgan fingerprint density at radius 3 is 2.81 bits per heavy atom. The molecule has 5 heteroatoms. The molecule has 1 aliphatic carbocycles. The van der Waals surface area contributed by atoms with E-state index in [1.165, 1.54) is 44.4 Å². The van der Waals surface area contributed by atoms with Crippen molar-refractivity contribution in [1.82, 2.24) is 9.97 Å². The molecule has 2 rings (SSSR count). The fourth-order valence-corrected chi connectivity index (χ4v) is 2.99. The Balaban J connectivity index is 2.02. The van der Waals surface area contributed by atoms with E-state index < -0.39 is 5.97 Å². The Bertz CT molecular complexity index is 378. The summed E-state index contributed by atoms with van der Waals surface area (Å²) in [4.78, 5) is 18.9. The van der Waals surface area contributed by atoms with Crippen molar-refractivity contribution in [1.29, 1.82) is 0 Å². The molecule has 4 nitrogen and oxygen atoms in total. The number of thioether (sulfide) groups is 1. The Labute approximate surface area is 98.5 Å². The molecule has 16 heavy (non-hydrogen) atoms. The molecule has 86 valence electrons. The Hall–Kier alpha value is -1.10. The average molecular weight is 238 g/mol. The zero-order valence-corrected chi connectivity index (χ0v) is 9.74. The smallest absolute Gasteiger partial charge is 0.354 e. The number of aromatic nitrogens is 2. The van der Waals surface area contributed by atoms with Crippen molar-refractivity contribution in [3.8, 4) is 0 Å². The van der Waals surface area contributed by atoms with Gasteiger partial charge in [0.1, 0.15) is 0 Å². The maximum absolute atomic E-state index is 10.7. The molecular weight excluding hydrogens is 224 g/mol. The first-order valence-electron chi connectivity index (χ1n) is 5.49. The van der Waals surface area contributed by atoms with Crippen molar-refractivity contribution in [2.45, 2.75) is 42.5 Å². The second kappa shape index (κ2) is 5.30. The van der Waals surface area contributed by atoms with E-state index in [9.17, 15) is 4.79 Å². The minimum atomic E-state index is -0.993. The van der Waals surface area contributed by atoms with Gasteiger partial charge < -0.3 is 5.11 Å². The van der Waals surface area contributed by atoms with Gasteiger partial charge in [0.2, 0.25) is 0 Å². The third-order valence-corrected chi connectivity index (χ3v) is 3.89. The molecule has 0 unspecified atom stereocenters. The van der Waals surface area contributed by atoms with E-state index in [1.807, 2.05) is 0 Å². The van der Waals surface area contributed by atoms with E-state index in [0.29, 0.717) is 10.4 Å². The van der Waals surface area contributed by atoms with Crippen LogP contribution in [0.3, 0.4) is 0 Å². The third kappa shape index (κ3) is 2.95. The molecule has 0 radical (unpaired) electrons. The second-order valence-electron chi connectivity index (χ2n) is 3.91. The van der Waals surface area contributed by atoms with E-state index in [2.05, 4.69) is 9.97 Å². The Kier molecular flexibility index (Phi) is 3.77. The number of hydrogen-bond acceptors (Lipinski definition) is 4. The molecule has 1 aromatic rings. The van der Waals surface area contributed by atoms with Crippen molar-refractivity contribution in [2.75, 3.05) is 0 Å². The maximum atomic E-state index is 10.7. The van der Waals surface area contributed by atoms with Crippen LogP contribution < -0.4 is 0 Å². The van der Waals surface area contributed by atoms with Gasteiger partial charge in [0, 0.05) is 11.4 Å². The van der Waals surface area contributed by atoms with Crippen molar-refractivity contribution in [2.24, 2.45) is 0 Å². The summed E-state index contributed by atoms with van der Waals surface area (Å²) in [6.45, 7) is 0. The number of carboxylic acids is 1. The van der Waals surface area contributed by atoms with E-state index in [0.717, 1.165) is 0 Å². The number of nitrogens with zero attached hydrogens (tertiary/aromatic N) is 2. The highest BCUT2D eigenvalue weighted by Crippen LogP contribution is 2.31. The minimum Gasteiger partial charge on any atom is -0.477 e. The van der Waals surface area contributed by atoms with Crippen LogP contribution in [0.25, 0.3) is 0 Å². The largest absolute Gasteiger partial charge is 0.477 e. The van der Waals surface area contributed by atoms with Gasteiger partial charge in [0.15, 0.2) is 10.9 Å². The highest BCUT2D eigenvalue weighted by Gasteiger charge is 2.16. The summed E-state index contributed by atoms with van der Waals surface area (Å²) in [6, 6.07) is 1.42. The molecule has 0 atom stereocenters. The topological polar surface area (TPSA) is 63.1 Å². The van der Waals surface area contributed by atoms with Gasteiger partial charge in [-0.05, 0) is 18.9 Å². The zero-order chi connectivity index (χ0) is 11.4. The van der Waals surface area contributed by atoms with Crippen LogP contribution in [-0.4, -0.2) is 26.3 Å². The van der Waals surface area contributed by atoms with E-state index in [-0.39, 0.29) is 5.69 Å². The van der Waals surface area contributed by atoms with Gasteiger partial charge in [-0.25, -0.2) is 14.8 Å². The normalized spacial score (nSPS) is 17.2. The van der Waals surface area contributed by atoms with E-state index in [4.69, 9.17) is 5.11 Å². The van der Waals surface area contributed by atoms with Crippen LogP contribution in [0.4, 0.5) is 0 Å². The highest BCUT2D eigenvalue weighted by atomic mass is 32.2. The van der Waals surface area contributed by atoms with Crippen LogP contribution in [0.5, 0.6) is 0 Å². The fraction of sp³-hybridized carbons (Fsp3) is 0.545. The van der Waals surface area contributed by atoms with Gasteiger partial charge in [-0.2, -0.15) is 0 Å². The zero-order valence-electron chi connectivity index (χ0n) is 8.93. The molecule has 1 fully saturated rings. The van der Waals surface area contributed by atoms with Gasteiger partial charge in [-0.3, -0.25) is 0 Å². The van der Waals surface area contributed by atoms with E-state index >= 15 is 0 Å². The highest BCUT2D eigenvalue weighted by molar-refractivity contribution is 7.99. The predicted octanol–water partition coefficient (Wildman–Crippen LogP) is 2.60. The molecule has 0 saturated heterocycles. The van der Waals surface area contributed by atoms with Crippen molar-refractivity contribution < 1.29 is 9.90 Å². The number of carbonyl (C=O) groups is 1. The number of rotatable bonds is 3. The molecule has 1 aliphatic rings. The SMILES string of the molecule is O=C(O)c1ccnc(SC2CCCCC2)n1. The quantitative estimate of drug-likeness (QED) is 0.820. The van der Waals surface area contributed by atoms with Gasteiger partial charge in [0.25, 0.3) is 0 Å². The maximum Gasteiger partial charge on any atom is 0.354 e. The summed E-state index contributed by atoms with van der Waals surface area (Å²) >= 11 is 1.61. The molecule has 1 N–H and O–H groups in total. The van der Waals surface area contributed by atoms with Crippen LogP contribution in [-0.2, 0) is 0 Å². The molecule has 1 aromatic heterocycles. The average Bonchev–Trinajstić information content (AvgIpc) is 2.30. The summed E-state index contributed by atoms with van der Waals surface area (Å²) in [5.74, 6) is -0.993. The molecule has 0 spiro atoms. The van der Waals surface area contributed by atoms with Crippen molar-refractivity contribution in [3.63, 3.8) is 0 Å². The fourth-order valence-electron chi connectivity index (χ4n) is 1.85. The molecule has 0 aromatic carbocycles. The Morgan fingerprint density at radius 1 is 1.38 bits per heavy atom. The predicted molar refractivity (Wildman–Crippen MR) is 61.7 cm³/mol. The van der Waals surface area contributed by atoms with Crippen LogP contribution >= 0.6 is 11.8 Å². The van der Waals surface area contributed by atoms with Crippen LogP contribution in [0, 0.1) is 0 Å². The minimum absolute atomic E-state index is 0.0771. The first-order valence-corrected chi connectivity index (χ1v) is 6.36. The number of carboxylic acid groups (broad SMARTS) is 1. The van der Waals surface area contributed by atoms with Gasteiger partial charge in [-0.15, -0.1) is 0 Å². The van der Waals surface area contributed by atoms with E-state index in [1.54, 1.807) is 11.8 Å². The first-order chi connectivity index (χ1) is 7.75. The summed E-state index contributed by atoms with van der Waals surface area (Å²) < 4.78 is 0. The summed E-state index contributed by atoms with van der Waals surface area (Å²) in [5, 5.41) is 9.96. The van der Waals surface area contributed by atoms with Gasteiger partial charge >= 0.3 is 5.97 Å². The summed E-state index contributed by atoms with van der Waals surface area (Å²) in [5.41, 5.74) is 0.0771. The molecule has 0 bridgehead atoms. The van der Waals surface area contributed by atoms with Crippen molar-refractivity contribution >= 4 is 17.7 Å². The van der Waals surface area contributed by atoms with Crippen LogP contribution in [0.1, 0.15) is 42.6 Å². The molecule has 1 saturated carbocycles. The lowest BCUT2D eigenvalue weighted by Crippen LogP contribution is -2.09. The number of hydrogen-bond donors (Lipinski definition) is 1. The summed E-state index contributed by atoms with van der Waals surface area (Å²) in [7, 11) is 0. The Morgan fingerprint density at radius 2 is 2.12 bits per heavy atom. The van der Waals surface area contributed by atoms with Gasteiger partial charge in [0.05, 0.1) is 0 Å². The summed E-state index contributed by atoms with van der Waals surface area (Å²) in [6.07, 6.45) is 7.72. The number of aromatic carboxylic acids is 1. The lowest BCUT2D eigenvalue weighted by atomic mass is 10.0. The molecule has 1 heterocycles. The second-order valence-corrected chi connectivity index (χ2v) is 5.17. The van der Waals surface area contributed by atoms with Gasteiger partial charge in [-0.1, -0.05) is 31.0 Å². The molecule has 0 amide bonds. The van der Waals surface area contributed by atoms with Crippen LogP contribution in [0.2, 0.25) is 0 Å². The standard InChI is InChI=1S/C11H14N2O2S/c14-10(15)9-6-7-12-11(13-9)16-8-4-2-1-3-5-8/h6-8H,1-5H2,(H,14,15). The molecule has 0 aliphatic heterocycles. The van der Waals surface area contributed by atoms with Crippen LogP contribution in [0.15, 0.2) is 17.4 Å². The first kappa shape index (κ1) is 11.4. The van der Waals surface area contributed by atoms with Crippen molar-refractivity contribution in [3.05, 3.63) is 18.0 Å². The monoisotopic (exact) mass is 238 g/mol. The third-order valence-electron chi connectivity index (χ3n) is 2.68. The lowest BCUT2D eigenvalue weighted by molar-refractivity contribution is 0.0689. The molecular formula is C11H14N2O2S. The lowest BCUT2D eigenvalue weighted by Gasteiger charge is -2.19.